The standard InChI is InChI=1S/C15H16F2N2O2/c16-11-2-1-10(7-12(11)17)14(21)19-5-3-15(4-6-19)8-13(20)18-9-15/h1-2,7H,3-6,8-9H2,(H,18,20). The van der Waals surface area contributed by atoms with Crippen molar-refractivity contribution in [2.75, 3.05) is 19.6 Å². The van der Waals surface area contributed by atoms with Gasteiger partial charge in [-0.15, -0.1) is 0 Å². The molecule has 6 heteroatoms. The minimum absolute atomic E-state index is 0.0398. The van der Waals surface area contributed by atoms with Crippen LogP contribution in [0.25, 0.3) is 0 Å². The van der Waals surface area contributed by atoms with Gasteiger partial charge in [-0.25, -0.2) is 8.78 Å². The van der Waals surface area contributed by atoms with E-state index in [2.05, 4.69) is 5.32 Å². The molecule has 4 nitrogen and oxygen atoms in total. The average Bonchev–Trinajstić information content (AvgIpc) is 2.83. The van der Waals surface area contributed by atoms with Crippen molar-refractivity contribution < 1.29 is 18.4 Å². The SMILES string of the molecule is O=C1CC2(CCN(C(=O)c3ccc(F)c(F)c3)CC2)CN1. The summed E-state index contributed by atoms with van der Waals surface area (Å²) in [6, 6.07) is 3.20. The van der Waals surface area contributed by atoms with Gasteiger partial charge in [0.1, 0.15) is 0 Å². The van der Waals surface area contributed by atoms with Crippen molar-refractivity contribution in [3.05, 3.63) is 35.4 Å². The Balaban J connectivity index is 1.67. The Kier molecular flexibility index (Phi) is 3.39. The first-order valence-electron chi connectivity index (χ1n) is 7.00. The van der Waals surface area contributed by atoms with Gasteiger partial charge < -0.3 is 10.2 Å². The second-order valence-electron chi connectivity index (χ2n) is 5.87. The number of rotatable bonds is 1. The zero-order valence-electron chi connectivity index (χ0n) is 11.5. The number of amides is 2. The number of nitrogens with one attached hydrogen (secondary N) is 1. The topological polar surface area (TPSA) is 49.4 Å². The second-order valence-corrected chi connectivity index (χ2v) is 5.87. The number of carbonyl (C=O) groups is 2. The Bertz CT molecular complexity index is 595. The molecular weight excluding hydrogens is 278 g/mol. The fourth-order valence-corrected chi connectivity index (χ4v) is 3.10. The molecule has 3 rings (SSSR count). The van der Waals surface area contributed by atoms with Crippen LogP contribution in [0.5, 0.6) is 0 Å². The van der Waals surface area contributed by atoms with E-state index in [1.807, 2.05) is 0 Å². The van der Waals surface area contributed by atoms with Crippen LogP contribution < -0.4 is 5.32 Å². The van der Waals surface area contributed by atoms with Crippen molar-refractivity contribution in [1.29, 1.82) is 0 Å². The molecule has 1 aromatic rings. The van der Waals surface area contributed by atoms with Crippen LogP contribution in [0.15, 0.2) is 18.2 Å². The van der Waals surface area contributed by atoms with E-state index in [1.54, 1.807) is 4.90 Å². The zero-order valence-corrected chi connectivity index (χ0v) is 11.5. The number of nitrogens with zero attached hydrogens (tertiary/aromatic N) is 1. The van der Waals surface area contributed by atoms with Crippen molar-refractivity contribution in [3.8, 4) is 0 Å². The van der Waals surface area contributed by atoms with Gasteiger partial charge in [0.15, 0.2) is 11.6 Å². The summed E-state index contributed by atoms with van der Waals surface area (Å²) in [5.41, 5.74) is 0.118. The molecule has 0 atom stereocenters. The Morgan fingerprint density at radius 3 is 2.48 bits per heavy atom. The highest BCUT2D eigenvalue weighted by Gasteiger charge is 2.41. The van der Waals surface area contributed by atoms with E-state index >= 15 is 0 Å². The zero-order chi connectivity index (χ0) is 15.0. The molecule has 0 aromatic heterocycles. The molecule has 0 bridgehead atoms. The molecule has 112 valence electrons. The van der Waals surface area contributed by atoms with Gasteiger partial charge in [-0.2, -0.15) is 0 Å². The van der Waals surface area contributed by atoms with Crippen LogP contribution >= 0.6 is 0 Å². The lowest BCUT2D eigenvalue weighted by atomic mass is 9.77. The second kappa shape index (κ2) is 5.09. The van der Waals surface area contributed by atoms with E-state index in [4.69, 9.17) is 0 Å². The van der Waals surface area contributed by atoms with Gasteiger partial charge in [0.05, 0.1) is 0 Å². The molecule has 2 amide bonds. The summed E-state index contributed by atoms with van der Waals surface area (Å²) in [5, 5.41) is 2.84. The smallest absolute Gasteiger partial charge is 0.253 e. The lowest BCUT2D eigenvalue weighted by Gasteiger charge is -2.38. The van der Waals surface area contributed by atoms with Gasteiger partial charge in [0.2, 0.25) is 5.91 Å². The van der Waals surface area contributed by atoms with Crippen LogP contribution in [0.3, 0.4) is 0 Å². The van der Waals surface area contributed by atoms with E-state index in [0.29, 0.717) is 26.1 Å². The molecule has 2 fully saturated rings. The van der Waals surface area contributed by atoms with Crippen LogP contribution in [0.1, 0.15) is 29.6 Å². The molecule has 0 radical (unpaired) electrons. The molecule has 1 N–H and O–H groups in total. The van der Waals surface area contributed by atoms with Gasteiger partial charge in [0, 0.05) is 31.6 Å². The summed E-state index contributed by atoms with van der Waals surface area (Å²) in [6.07, 6.45) is 2.02. The first kappa shape index (κ1) is 14.0. The minimum Gasteiger partial charge on any atom is -0.356 e. The molecular formula is C15H16F2N2O2. The molecule has 2 heterocycles. The highest BCUT2D eigenvalue weighted by atomic mass is 19.2. The number of halogens is 2. The van der Waals surface area contributed by atoms with E-state index in [1.165, 1.54) is 6.07 Å². The number of benzene rings is 1. The Morgan fingerprint density at radius 2 is 1.90 bits per heavy atom. The lowest BCUT2D eigenvalue weighted by Crippen LogP contribution is -2.44. The summed E-state index contributed by atoms with van der Waals surface area (Å²) in [6.45, 7) is 1.73. The maximum Gasteiger partial charge on any atom is 0.253 e. The molecule has 1 aromatic carbocycles. The van der Waals surface area contributed by atoms with Gasteiger partial charge in [-0.1, -0.05) is 0 Å². The van der Waals surface area contributed by atoms with Gasteiger partial charge in [-0.05, 0) is 36.5 Å². The third-order valence-electron chi connectivity index (χ3n) is 4.47. The van der Waals surface area contributed by atoms with Crippen molar-refractivity contribution in [1.82, 2.24) is 10.2 Å². The fraction of sp³-hybridized carbons (Fsp3) is 0.467. The fourth-order valence-electron chi connectivity index (χ4n) is 3.10. The Labute approximate surface area is 121 Å². The summed E-state index contributed by atoms with van der Waals surface area (Å²) in [4.78, 5) is 25.3. The van der Waals surface area contributed by atoms with Gasteiger partial charge in [-0.3, -0.25) is 9.59 Å². The molecule has 2 saturated heterocycles. The summed E-state index contributed by atoms with van der Waals surface area (Å²) in [5.74, 6) is -2.20. The molecule has 0 aliphatic carbocycles. The number of carbonyl (C=O) groups excluding carboxylic acids is 2. The van der Waals surface area contributed by atoms with E-state index in [-0.39, 0.29) is 22.8 Å². The number of hydrogen-bond donors (Lipinski definition) is 1. The van der Waals surface area contributed by atoms with Crippen LogP contribution in [0.4, 0.5) is 8.78 Å². The average molecular weight is 294 g/mol. The van der Waals surface area contributed by atoms with Crippen molar-refractivity contribution in [2.24, 2.45) is 5.41 Å². The van der Waals surface area contributed by atoms with Crippen LogP contribution in [0, 0.1) is 17.0 Å². The summed E-state index contributed by atoms with van der Waals surface area (Å²) < 4.78 is 26.1. The maximum atomic E-state index is 13.2. The van der Waals surface area contributed by atoms with Crippen LogP contribution in [-0.2, 0) is 4.79 Å². The highest BCUT2D eigenvalue weighted by Crippen LogP contribution is 2.37. The predicted molar refractivity (Wildman–Crippen MR) is 71.6 cm³/mol. The molecule has 2 aliphatic rings. The third kappa shape index (κ3) is 2.62. The largest absolute Gasteiger partial charge is 0.356 e. The Hall–Kier alpha value is -1.98. The quantitative estimate of drug-likeness (QED) is 0.857. The predicted octanol–water partition coefficient (Wildman–Crippen LogP) is 1.71. The lowest BCUT2D eigenvalue weighted by molar-refractivity contribution is -0.119. The summed E-state index contributed by atoms with van der Waals surface area (Å²) >= 11 is 0. The van der Waals surface area contributed by atoms with Crippen molar-refractivity contribution in [2.45, 2.75) is 19.3 Å². The van der Waals surface area contributed by atoms with Crippen LogP contribution in [0.2, 0.25) is 0 Å². The van der Waals surface area contributed by atoms with Gasteiger partial charge in [0.25, 0.3) is 5.91 Å². The van der Waals surface area contributed by atoms with Crippen molar-refractivity contribution in [3.63, 3.8) is 0 Å². The molecule has 21 heavy (non-hydrogen) atoms. The first-order valence-corrected chi connectivity index (χ1v) is 7.00. The molecule has 1 spiro atoms. The van der Waals surface area contributed by atoms with E-state index < -0.39 is 11.6 Å². The van der Waals surface area contributed by atoms with E-state index in [9.17, 15) is 18.4 Å². The minimum atomic E-state index is -1.01. The highest BCUT2D eigenvalue weighted by molar-refractivity contribution is 5.94. The monoisotopic (exact) mass is 294 g/mol. The molecule has 0 unspecified atom stereocenters. The van der Waals surface area contributed by atoms with Crippen molar-refractivity contribution >= 4 is 11.8 Å². The normalized spacial score (nSPS) is 20.7. The van der Waals surface area contributed by atoms with E-state index in [0.717, 1.165) is 25.0 Å². The Morgan fingerprint density at radius 1 is 1.19 bits per heavy atom. The molecule has 2 aliphatic heterocycles. The number of likely N-dealkylation sites (tertiary alicyclic amines) is 1. The molecule has 0 saturated carbocycles. The number of piperidine rings is 1. The van der Waals surface area contributed by atoms with Gasteiger partial charge >= 0.3 is 0 Å². The third-order valence-corrected chi connectivity index (χ3v) is 4.47. The summed E-state index contributed by atoms with van der Waals surface area (Å²) in [7, 11) is 0. The maximum absolute atomic E-state index is 13.2. The van der Waals surface area contributed by atoms with Crippen LogP contribution in [-0.4, -0.2) is 36.3 Å². The first-order chi connectivity index (χ1) is 9.99. The number of hydrogen-bond acceptors (Lipinski definition) is 2.